The number of amides is 1. The minimum absolute atomic E-state index is 0.197. The second-order valence-corrected chi connectivity index (χ2v) is 2.88. The van der Waals surface area contributed by atoms with E-state index in [9.17, 15) is 9.59 Å². The van der Waals surface area contributed by atoms with Crippen molar-refractivity contribution < 1.29 is 9.53 Å². The Hall–Kier alpha value is -1.85. The molecule has 1 heterocycles. The van der Waals surface area contributed by atoms with Gasteiger partial charge in [-0.25, -0.2) is 9.78 Å². The van der Waals surface area contributed by atoms with Crippen LogP contribution in [0.1, 0.15) is 13.8 Å². The van der Waals surface area contributed by atoms with Gasteiger partial charge in [-0.2, -0.15) is 0 Å². The van der Waals surface area contributed by atoms with Gasteiger partial charge in [-0.3, -0.25) is 10.1 Å². The average Bonchev–Trinajstić information content (AvgIpc) is 2.07. The zero-order chi connectivity index (χ0) is 10.6. The summed E-state index contributed by atoms with van der Waals surface area (Å²) in [7, 11) is 0. The molecule has 0 radical (unpaired) electrons. The summed E-state index contributed by atoms with van der Waals surface area (Å²) in [5.41, 5.74) is -0.326. The fourth-order valence-corrected chi connectivity index (χ4v) is 0.759. The van der Waals surface area contributed by atoms with Gasteiger partial charge in [0, 0.05) is 6.20 Å². The zero-order valence-corrected chi connectivity index (χ0v) is 7.90. The number of ether oxygens (including phenoxy) is 1. The summed E-state index contributed by atoms with van der Waals surface area (Å²) in [6, 6.07) is 0. The van der Waals surface area contributed by atoms with Crippen molar-refractivity contribution in [2.45, 2.75) is 20.0 Å². The molecule has 0 aliphatic carbocycles. The molecule has 2 N–H and O–H groups in total. The van der Waals surface area contributed by atoms with Gasteiger partial charge in [0.2, 0.25) is 0 Å². The molecule has 0 atom stereocenters. The van der Waals surface area contributed by atoms with E-state index in [-0.39, 0.29) is 17.5 Å². The molecular weight excluding hydrogens is 186 g/mol. The molecule has 1 rings (SSSR count). The van der Waals surface area contributed by atoms with Crippen LogP contribution in [0.5, 0.6) is 0 Å². The first kappa shape index (κ1) is 10.2. The Morgan fingerprint density at radius 3 is 2.86 bits per heavy atom. The molecule has 0 aromatic carbocycles. The van der Waals surface area contributed by atoms with E-state index >= 15 is 0 Å². The fourth-order valence-electron chi connectivity index (χ4n) is 0.759. The molecule has 14 heavy (non-hydrogen) atoms. The number of carbonyl (C=O) groups excluding carboxylic acids is 1. The van der Waals surface area contributed by atoms with Crippen molar-refractivity contribution in [3.8, 4) is 0 Å². The summed E-state index contributed by atoms with van der Waals surface area (Å²) in [5.74, 6) is 0.246. The number of nitrogens with one attached hydrogen (secondary N) is 2. The number of nitrogens with zero attached hydrogens (tertiary/aromatic N) is 1. The smallest absolute Gasteiger partial charge is 0.413 e. The highest BCUT2D eigenvalue weighted by atomic mass is 16.6. The van der Waals surface area contributed by atoms with Crippen LogP contribution in [0.15, 0.2) is 17.2 Å². The van der Waals surface area contributed by atoms with Gasteiger partial charge >= 0.3 is 6.09 Å². The summed E-state index contributed by atoms with van der Waals surface area (Å²) in [4.78, 5) is 27.7. The highest BCUT2D eigenvalue weighted by molar-refractivity contribution is 5.83. The Kier molecular flexibility index (Phi) is 3.22. The number of aromatic nitrogens is 2. The lowest BCUT2D eigenvalue weighted by Gasteiger charge is -2.07. The minimum atomic E-state index is -0.598. The van der Waals surface area contributed by atoms with Gasteiger partial charge in [-0.15, -0.1) is 0 Å². The average molecular weight is 197 g/mol. The Morgan fingerprint density at radius 1 is 1.64 bits per heavy atom. The molecule has 0 spiro atoms. The largest absolute Gasteiger partial charge is 0.447 e. The summed E-state index contributed by atoms with van der Waals surface area (Å²) in [6.45, 7) is 3.47. The SMILES string of the molecule is CC(C)OC(=O)Nc1c[nH]c(=O)cn1. The van der Waals surface area contributed by atoms with E-state index in [4.69, 9.17) is 4.74 Å². The topological polar surface area (TPSA) is 84.1 Å². The van der Waals surface area contributed by atoms with Crippen LogP contribution < -0.4 is 10.9 Å². The normalized spacial score (nSPS) is 9.93. The van der Waals surface area contributed by atoms with Crippen LogP contribution in [0.25, 0.3) is 0 Å². The molecule has 0 saturated carbocycles. The molecule has 0 aliphatic heterocycles. The third kappa shape index (κ3) is 3.26. The quantitative estimate of drug-likeness (QED) is 0.731. The molecule has 0 saturated heterocycles. The molecule has 0 bridgehead atoms. The van der Waals surface area contributed by atoms with Gasteiger partial charge in [0.05, 0.1) is 12.3 Å². The highest BCUT2D eigenvalue weighted by Crippen LogP contribution is 1.98. The summed E-state index contributed by atoms with van der Waals surface area (Å²) in [6.07, 6.45) is 1.58. The van der Waals surface area contributed by atoms with E-state index in [2.05, 4.69) is 15.3 Å². The van der Waals surface area contributed by atoms with Gasteiger partial charge < -0.3 is 9.72 Å². The molecule has 6 heteroatoms. The predicted molar refractivity (Wildman–Crippen MR) is 50.1 cm³/mol. The number of H-pyrrole nitrogens is 1. The van der Waals surface area contributed by atoms with Crippen molar-refractivity contribution in [3.63, 3.8) is 0 Å². The van der Waals surface area contributed by atoms with Crippen LogP contribution in [0.3, 0.4) is 0 Å². The van der Waals surface area contributed by atoms with Crippen LogP contribution in [0.4, 0.5) is 10.6 Å². The molecule has 6 nitrogen and oxygen atoms in total. The third-order valence-corrected chi connectivity index (χ3v) is 1.24. The number of rotatable bonds is 2. The summed E-state index contributed by atoms with van der Waals surface area (Å²) >= 11 is 0. The predicted octanol–water partition coefficient (Wildman–Crippen LogP) is 0.727. The maximum atomic E-state index is 11.0. The first-order chi connectivity index (χ1) is 6.58. The number of hydrogen-bond acceptors (Lipinski definition) is 4. The molecular formula is C8H11N3O3. The van der Waals surface area contributed by atoms with E-state index < -0.39 is 6.09 Å². The molecule has 1 aromatic rings. The van der Waals surface area contributed by atoms with Gasteiger partial charge in [-0.1, -0.05) is 0 Å². The molecule has 0 unspecified atom stereocenters. The van der Waals surface area contributed by atoms with Crippen LogP contribution in [0.2, 0.25) is 0 Å². The Bertz CT molecular complexity index is 352. The number of aromatic amines is 1. The number of anilines is 1. The molecule has 0 fully saturated rings. The van der Waals surface area contributed by atoms with Crippen molar-refractivity contribution in [3.05, 3.63) is 22.7 Å². The summed E-state index contributed by atoms with van der Waals surface area (Å²) in [5, 5.41) is 2.36. The van der Waals surface area contributed by atoms with Crippen molar-refractivity contribution >= 4 is 11.9 Å². The van der Waals surface area contributed by atoms with E-state index in [1.807, 2.05) is 0 Å². The zero-order valence-electron chi connectivity index (χ0n) is 7.90. The molecule has 76 valence electrons. The van der Waals surface area contributed by atoms with Crippen LogP contribution >= 0.6 is 0 Å². The van der Waals surface area contributed by atoms with Crippen molar-refractivity contribution in [2.24, 2.45) is 0 Å². The lowest BCUT2D eigenvalue weighted by molar-refractivity contribution is 0.130. The van der Waals surface area contributed by atoms with E-state index in [1.165, 1.54) is 6.20 Å². The summed E-state index contributed by atoms with van der Waals surface area (Å²) < 4.78 is 4.80. The Labute approximate surface area is 80.3 Å². The Morgan fingerprint density at radius 2 is 2.36 bits per heavy atom. The monoisotopic (exact) mass is 197 g/mol. The Balaban J connectivity index is 2.56. The molecule has 0 aliphatic rings. The second-order valence-electron chi connectivity index (χ2n) is 2.88. The highest BCUT2D eigenvalue weighted by Gasteiger charge is 2.05. The maximum absolute atomic E-state index is 11.0. The third-order valence-electron chi connectivity index (χ3n) is 1.24. The van der Waals surface area contributed by atoms with Crippen molar-refractivity contribution in [2.75, 3.05) is 5.32 Å². The number of carbonyl (C=O) groups is 1. The van der Waals surface area contributed by atoms with Crippen molar-refractivity contribution in [1.82, 2.24) is 9.97 Å². The van der Waals surface area contributed by atoms with Crippen LogP contribution in [-0.4, -0.2) is 22.2 Å². The maximum Gasteiger partial charge on any atom is 0.413 e. The van der Waals surface area contributed by atoms with Gasteiger partial charge in [0.1, 0.15) is 0 Å². The van der Waals surface area contributed by atoms with Crippen LogP contribution in [-0.2, 0) is 4.74 Å². The second kappa shape index (κ2) is 4.40. The first-order valence-corrected chi connectivity index (χ1v) is 4.10. The lowest BCUT2D eigenvalue weighted by Crippen LogP contribution is -2.19. The van der Waals surface area contributed by atoms with Gasteiger partial charge in [-0.05, 0) is 13.8 Å². The molecule has 1 aromatic heterocycles. The van der Waals surface area contributed by atoms with Gasteiger partial charge in [0.25, 0.3) is 5.56 Å². The first-order valence-electron chi connectivity index (χ1n) is 4.10. The van der Waals surface area contributed by atoms with Crippen molar-refractivity contribution in [1.29, 1.82) is 0 Å². The fraction of sp³-hybridized carbons (Fsp3) is 0.375. The van der Waals surface area contributed by atoms with Crippen LogP contribution in [0, 0.1) is 0 Å². The number of hydrogen-bond donors (Lipinski definition) is 2. The standard InChI is InChI=1S/C8H11N3O3/c1-5(2)14-8(13)11-6-3-10-7(12)4-9-6/h3-5H,1-2H3,(H,10,12)(H,9,11,13). The lowest BCUT2D eigenvalue weighted by atomic mass is 10.5. The van der Waals surface area contributed by atoms with E-state index in [1.54, 1.807) is 13.8 Å². The van der Waals surface area contributed by atoms with E-state index in [0.717, 1.165) is 6.20 Å². The van der Waals surface area contributed by atoms with E-state index in [0.29, 0.717) is 0 Å². The minimum Gasteiger partial charge on any atom is -0.447 e. The molecule has 1 amide bonds. The van der Waals surface area contributed by atoms with Gasteiger partial charge in [0.15, 0.2) is 5.82 Å².